The lowest BCUT2D eigenvalue weighted by Gasteiger charge is -2.53. The number of likely N-dealkylation sites (tertiary alicyclic amines) is 1. The number of halogens is 3. The van der Waals surface area contributed by atoms with Crippen molar-refractivity contribution in [1.82, 2.24) is 19.4 Å². The number of hydrogen-bond acceptors (Lipinski definition) is 6. The van der Waals surface area contributed by atoms with Crippen molar-refractivity contribution < 1.29 is 30.8 Å². The first-order valence-corrected chi connectivity index (χ1v) is 13.9. The first kappa shape index (κ1) is 26.2. The number of amides is 2. The van der Waals surface area contributed by atoms with E-state index < -0.39 is 22.1 Å². The molecule has 2 saturated heterocycles. The maximum atomic E-state index is 13.6. The third-order valence-electron chi connectivity index (χ3n) is 7.10. The molecule has 1 aromatic heterocycles. The Morgan fingerprint density at radius 1 is 1.03 bits per heavy atom. The zero-order valence-corrected chi connectivity index (χ0v) is 21.4. The second-order valence-electron chi connectivity index (χ2n) is 9.83. The molecule has 38 heavy (non-hydrogen) atoms. The fourth-order valence-electron chi connectivity index (χ4n) is 4.86. The van der Waals surface area contributed by atoms with Crippen molar-refractivity contribution in [3.8, 4) is 11.5 Å². The maximum Gasteiger partial charge on any atom is 0.470 e. The molecule has 0 saturated carbocycles. The Morgan fingerprint density at radius 2 is 1.66 bits per heavy atom. The van der Waals surface area contributed by atoms with E-state index in [9.17, 15) is 26.4 Å². The van der Waals surface area contributed by atoms with Crippen molar-refractivity contribution in [2.45, 2.75) is 25.6 Å². The molecule has 0 bridgehead atoms. The lowest BCUT2D eigenvalue weighted by atomic mass is 9.73. The van der Waals surface area contributed by atoms with Gasteiger partial charge in [0.05, 0.1) is 12.8 Å². The van der Waals surface area contributed by atoms with Crippen LogP contribution < -0.4 is 4.90 Å². The molecule has 2 aliphatic rings. The number of benzene rings is 2. The van der Waals surface area contributed by atoms with Crippen LogP contribution in [0.25, 0.3) is 11.5 Å². The van der Waals surface area contributed by atoms with Crippen LogP contribution in [0.15, 0.2) is 59.0 Å². The van der Waals surface area contributed by atoms with E-state index in [1.807, 2.05) is 30.3 Å². The summed E-state index contributed by atoms with van der Waals surface area (Å²) in [6, 6.07) is 15.6. The first-order chi connectivity index (χ1) is 17.9. The quantitative estimate of drug-likeness (QED) is 0.472. The molecule has 0 radical (unpaired) electrons. The van der Waals surface area contributed by atoms with E-state index in [1.54, 1.807) is 34.1 Å². The normalized spacial score (nSPS) is 17.8. The zero-order valence-electron chi connectivity index (χ0n) is 20.6. The molecule has 202 valence electrons. The van der Waals surface area contributed by atoms with Gasteiger partial charge in [-0.25, -0.2) is 17.5 Å². The predicted octanol–water partition coefficient (Wildman–Crippen LogP) is 4.24. The third-order valence-corrected chi connectivity index (χ3v) is 8.29. The minimum absolute atomic E-state index is 0.0754. The summed E-state index contributed by atoms with van der Waals surface area (Å²) in [5.74, 6) is -1.65. The largest absolute Gasteiger partial charge is 0.470 e. The molecule has 3 aromatic rings. The van der Waals surface area contributed by atoms with Crippen molar-refractivity contribution in [3.63, 3.8) is 0 Å². The number of rotatable bonds is 5. The Labute approximate surface area is 217 Å². The summed E-state index contributed by atoms with van der Waals surface area (Å²) in [5.41, 5.74) is 1.73. The summed E-state index contributed by atoms with van der Waals surface area (Å²) in [5, 5.41) is 6.53. The Morgan fingerprint density at radius 3 is 2.21 bits per heavy atom. The summed E-state index contributed by atoms with van der Waals surface area (Å²) in [6.07, 6.45) is -2.05. The van der Waals surface area contributed by atoms with E-state index in [0.29, 0.717) is 37.4 Å². The Hall–Kier alpha value is -3.45. The number of piperidine rings is 1. The molecule has 9 nitrogen and oxygen atoms in total. The summed E-state index contributed by atoms with van der Waals surface area (Å²) in [6.45, 7) is 2.28. The van der Waals surface area contributed by atoms with Gasteiger partial charge >= 0.3 is 18.1 Å². The highest BCUT2D eigenvalue weighted by Gasteiger charge is 2.48. The maximum absolute atomic E-state index is 13.6. The summed E-state index contributed by atoms with van der Waals surface area (Å²) >= 11 is 0. The smallest absolute Gasteiger partial charge is 0.413 e. The third kappa shape index (κ3) is 5.39. The van der Waals surface area contributed by atoms with Crippen LogP contribution in [0, 0.1) is 5.41 Å². The molecule has 0 unspecified atom stereocenters. The summed E-state index contributed by atoms with van der Waals surface area (Å²) in [4.78, 5) is 17.1. The highest BCUT2D eigenvalue weighted by atomic mass is 32.2. The molecule has 2 fully saturated rings. The first-order valence-electron chi connectivity index (χ1n) is 12.0. The SMILES string of the molecule is CS(=O)(=O)N1CC2(CCN(C(=O)N(Cc3ccc(-c4nnc(C(F)(F)F)o4)cc3)c3ccccc3)CC2)C1. The molecule has 5 rings (SSSR count). The van der Waals surface area contributed by atoms with Crippen LogP contribution in [0.4, 0.5) is 23.7 Å². The standard InChI is InChI=1S/C25H26F3N5O4S/c1-38(35,36)32-16-24(17-32)11-13-31(14-12-24)23(34)33(20-5-3-2-4-6-20)15-18-7-9-19(10-8-18)21-29-30-22(37-21)25(26,27)28/h2-10H,11-17H2,1H3. The molecule has 0 atom stereocenters. The van der Waals surface area contributed by atoms with Gasteiger partial charge in [0.25, 0.3) is 0 Å². The van der Waals surface area contributed by atoms with E-state index in [1.165, 1.54) is 10.6 Å². The van der Waals surface area contributed by atoms with Crippen LogP contribution >= 0.6 is 0 Å². The van der Waals surface area contributed by atoms with Crippen LogP contribution in [0.1, 0.15) is 24.3 Å². The van der Waals surface area contributed by atoms with E-state index in [2.05, 4.69) is 10.2 Å². The van der Waals surface area contributed by atoms with Crippen molar-refractivity contribution in [2.75, 3.05) is 37.3 Å². The van der Waals surface area contributed by atoms with Gasteiger partial charge in [0.2, 0.25) is 15.9 Å². The minimum atomic E-state index is -4.72. The second-order valence-corrected chi connectivity index (χ2v) is 11.8. The molecule has 2 aromatic carbocycles. The molecular formula is C25H26F3N5O4S. The van der Waals surface area contributed by atoms with E-state index in [4.69, 9.17) is 4.42 Å². The number of para-hydroxylation sites is 1. The topological polar surface area (TPSA) is 99.9 Å². The molecule has 2 aliphatic heterocycles. The monoisotopic (exact) mass is 549 g/mol. The van der Waals surface area contributed by atoms with Crippen LogP contribution in [0.5, 0.6) is 0 Å². The highest BCUT2D eigenvalue weighted by molar-refractivity contribution is 7.88. The predicted molar refractivity (Wildman–Crippen MR) is 132 cm³/mol. The van der Waals surface area contributed by atoms with Gasteiger partial charge in [0.1, 0.15) is 0 Å². The van der Waals surface area contributed by atoms with E-state index >= 15 is 0 Å². The van der Waals surface area contributed by atoms with Crippen molar-refractivity contribution in [1.29, 1.82) is 0 Å². The number of sulfonamides is 1. The molecule has 0 N–H and O–H groups in total. The van der Waals surface area contributed by atoms with Crippen molar-refractivity contribution in [3.05, 3.63) is 66.1 Å². The highest BCUT2D eigenvalue weighted by Crippen LogP contribution is 2.42. The van der Waals surface area contributed by atoms with Crippen LogP contribution in [0.2, 0.25) is 0 Å². The number of alkyl halides is 3. The van der Waals surface area contributed by atoms with Gasteiger partial charge < -0.3 is 9.32 Å². The summed E-state index contributed by atoms with van der Waals surface area (Å²) < 4.78 is 68.1. The Bertz CT molecular complexity index is 1390. The minimum Gasteiger partial charge on any atom is -0.413 e. The van der Waals surface area contributed by atoms with Gasteiger partial charge in [-0.15, -0.1) is 10.2 Å². The van der Waals surface area contributed by atoms with Gasteiger partial charge in [-0.3, -0.25) is 4.90 Å². The Balaban J connectivity index is 1.28. The number of nitrogens with zero attached hydrogens (tertiary/aromatic N) is 5. The molecule has 3 heterocycles. The summed E-state index contributed by atoms with van der Waals surface area (Å²) in [7, 11) is -3.20. The molecule has 2 amide bonds. The molecular weight excluding hydrogens is 523 g/mol. The van der Waals surface area contributed by atoms with Crippen molar-refractivity contribution >= 4 is 21.7 Å². The van der Waals surface area contributed by atoms with Gasteiger partial charge in [-0.05, 0) is 42.7 Å². The number of carbonyl (C=O) groups excluding carboxylic acids is 1. The number of anilines is 1. The van der Waals surface area contributed by atoms with E-state index in [-0.39, 0.29) is 23.9 Å². The fourth-order valence-corrected chi connectivity index (χ4v) is 5.88. The van der Waals surface area contributed by atoms with E-state index in [0.717, 1.165) is 18.4 Å². The average Bonchev–Trinajstić information content (AvgIpc) is 3.37. The van der Waals surface area contributed by atoms with Crippen molar-refractivity contribution in [2.24, 2.45) is 5.41 Å². The molecule has 1 spiro atoms. The van der Waals surface area contributed by atoms with Gasteiger partial charge in [0, 0.05) is 42.8 Å². The van der Waals surface area contributed by atoms with Crippen LogP contribution in [-0.4, -0.2) is 66.3 Å². The number of urea groups is 1. The van der Waals surface area contributed by atoms with Crippen LogP contribution in [0.3, 0.4) is 0 Å². The van der Waals surface area contributed by atoms with Gasteiger partial charge in [-0.2, -0.15) is 13.2 Å². The average molecular weight is 550 g/mol. The number of carbonyl (C=O) groups is 1. The molecule has 13 heteroatoms. The second kappa shape index (κ2) is 9.70. The zero-order chi connectivity index (χ0) is 27.1. The lowest BCUT2D eigenvalue weighted by Crippen LogP contribution is -2.62. The number of hydrogen-bond donors (Lipinski definition) is 0. The lowest BCUT2D eigenvalue weighted by molar-refractivity contribution is -0.156. The molecule has 0 aliphatic carbocycles. The fraction of sp³-hybridized carbons (Fsp3) is 0.400. The van der Waals surface area contributed by atoms with Gasteiger partial charge in [0.15, 0.2) is 0 Å². The van der Waals surface area contributed by atoms with Crippen LogP contribution in [-0.2, 0) is 22.7 Å². The van der Waals surface area contributed by atoms with Gasteiger partial charge in [-0.1, -0.05) is 30.3 Å². The Kier molecular flexibility index (Phi) is 6.68. The number of aromatic nitrogens is 2.